The Morgan fingerprint density at radius 3 is 2.12 bits per heavy atom. The zero-order chi connectivity index (χ0) is 31.4. The molecule has 2 aliphatic rings. The Bertz CT molecular complexity index is 1090. The second kappa shape index (κ2) is 17.0. The molecule has 0 aromatic heterocycles. The fraction of sp³-hybridized carbons (Fsp3) is 0.645. The Morgan fingerprint density at radius 2 is 1.49 bits per heavy atom. The SMILES string of the molecule is CC(C)[C@H]1NC(=O)CN(C(=O)CN2CCCCCCC2)CCNC(=O)[C@H]([C@@H](C)O)NC(=O)[C@H](Cc2ccccc2)NC1=O. The van der Waals surface area contributed by atoms with Crippen molar-refractivity contribution >= 4 is 29.5 Å². The number of hydrogen-bond donors (Lipinski definition) is 5. The molecule has 1 aromatic rings. The first-order chi connectivity index (χ1) is 20.5. The van der Waals surface area contributed by atoms with E-state index in [0.29, 0.717) is 0 Å². The van der Waals surface area contributed by atoms with E-state index < -0.39 is 47.9 Å². The van der Waals surface area contributed by atoms with Crippen molar-refractivity contribution in [2.45, 2.75) is 83.5 Å². The van der Waals surface area contributed by atoms with Gasteiger partial charge in [0.05, 0.1) is 19.2 Å². The third-order valence-corrected chi connectivity index (χ3v) is 7.92. The van der Waals surface area contributed by atoms with Crippen LogP contribution in [0, 0.1) is 5.92 Å². The van der Waals surface area contributed by atoms with Crippen molar-refractivity contribution in [3.05, 3.63) is 35.9 Å². The van der Waals surface area contributed by atoms with Crippen LogP contribution in [0.15, 0.2) is 30.3 Å². The lowest BCUT2D eigenvalue weighted by atomic mass is 10.0. The van der Waals surface area contributed by atoms with Gasteiger partial charge in [0.15, 0.2) is 0 Å². The minimum Gasteiger partial charge on any atom is -0.391 e. The van der Waals surface area contributed by atoms with Gasteiger partial charge in [0.2, 0.25) is 29.5 Å². The van der Waals surface area contributed by atoms with Crippen LogP contribution >= 0.6 is 0 Å². The van der Waals surface area contributed by atoms with Crippen molar-refractivity contribution in [3.63, 3.8) is 0 Å². The fourth-order valence-electron chi connectivity index (χ4n) is 5.39. The second-order valence-corrected chi connectivity index (χ2v) is 11.9. The summed E-state index contributed by atoms with van der Waals surface area (Å²) in [6.07, 6.45) is 4.34. The monoisotopic (exact) mass is 600 g/mol. The smallest absolute Gasteiger partial charge is 0.245 e. The molecule has 5 N–H and O–H groups in total. The molecule has 0 radical (unpaired) electrons. The number of aliphatic hydroxyl groups is 1. The lowest BCUT2D eigenvalue weighted by Crippen LogP contribution is -2.60. The first-order valence-corrected chi connectivity index (χ1v) is 15.4. The normalized spacial score (nSPS) is 24.8. The van der Waals surface area contributed by atoms with Crippen molar-refractivity contribution in [1.82, 2.24) is 31.1 Å². The maximum atomic E-state index is 13.5. The summed E-state index contributed by atoms with van der Waals surface area (Å²) in [5.41, 5.74) is 0.776. The third kappa shape index (κ3) is 10.9. The average Bonchev–Trinajstić information content (AvgIpc) is 2.94. The highest BCUT2D eigenvalue weighted by Gasteiger charge is 2.33. The first kappa shape index (κ1) is 34.0. The largest absolute Gasteiger partial charge is 0.391 e. The molecule has 0 aliphatic carbocycles. The number of carbonyl (C=O) groups is 5. The molecule has 2 saturated heterocycles. The van der Waals surface area contributed by atoms with E-state index in [2.05, 4.69) is 26.2 Å². The van der Waals surface area contributed by atoms with E-state index in [1.165, 1.54) is 18.2 Å². The summed E-state index contributed by atoms with van der Waals surface area (Å²) in [6.45, 7) is 6.48. The number of amides is 5. The lowest BCUT2D eigenvalue weighted by Gasteiger charge is -2.29. The molecule has 2 heterocycles. The van der Waals surface area contributed by atoms with Gasteiger partial charge in [0, 0.05) is 19.5 Å². The number of nitrogens with zero attached hydrogens (tertiary/aromatic N) is 2. The molecule has 0 spiro atoms. The minimum atomic E-state index is -1.29. The molecular formula is C31H48N6O6. The molecule has 1 aromatic carbocycles. The highest BCUT2D eigenvalue weighted by atomic mass is 16.3. The molecule has 12 nitrogen and oxygen atoms in total. The van der Waals surface area contributed by atoms with Gasteiger partial charge in [-0.1, -0.05) is 63.4 Å². The number of aliphatic hydroxyl groups excluding tert-OH is 1. The summed E-state index contributed by atoms with van der Waals surface area (Å²) in [4.78, 5) is 70.1. The van der Waals surface area contributed by atoms with Crippen molar-refractivity contribution < 1.29 is 29.1 Å². The summed E-state index contributed by atoms with van der Waals surface area (Å²) >= 11 is 0. The third-order valence-electron chi connectivity index (χ3n) is 7.92. The van der Waals surface area contributed by atoms with E-state index in [4.69, 9.17) is 0 Å². The molecule has 5 amide bonds. The molecule has 2 aliphatic heterocycles. The summed E-state index contributed by atoms with van der Waals surface area (Å²) in [5.74, 6) is -2.93. The topological polar surface area (TPSA) is 160 Å². The van der Waals surface area contributed by atoms with Crippen LogP contribution < -0.4 is 21.3 Å². The van der Waals surface area contributed by atoms with Crippen LogP contribution in [0.1, 0.15) is 58.4 Å². The van der Waals surface area contributed by atoms with Gasteiger partial charge in [-0.15, -0.1) is 0 Å². The van der Waals surface area contributed by atoms with Crippen molar-refractivity contribution in [2.75, 3.05) is 39.3 Å². The van der Waals surface area contributed by atoms with Gasteiger partial charge in [-0.05, 0) is 44.3 Å². The highest BCUT2D eigenvalue weighted by molar-refractivity contribution is 5.95. The standard InChI is InChI=1S/C31H48N6O6/c1-21(2)27-31(43)33-24(18-23-12-8-7-9-13-23)29(41)35-28(22(3)38)30(42)32-14-17-37(19-25(39)34-27)26(40)20-36-15-10-5-4-6-11-16-36/h7-9,12-13,21-22,24,27-28,38H,4-6,10-11,14-20H2,1-3H3,(H,32,42)(H,33,43)(H,34,39)(H,35,41)/t22-,24+,27-,28+/m1/s1. The highest BCUT2D eigenvalue weighted by Crippen LogP contribution is 2.11. The van der Waals surface area contributed by atoms with Gasteiger partial charge in [-0.3, -0.25) is 28.9 Å². The zero-order valence-electron chi connectivity index (χ0n) is 25.6. The van der Waals surface area contributed by atoms with E-state index in [-0.39, 0.29) is 44.4 Å². The maximum Gasteiger partial charge on any atom is 0.245 e. The van der Waals surface area contributed by atoms with Gasteiger partial charge >= 0.3 is 0 Å². The quantitative estimate of drug-likeness (QED) is 0.306. The molecule has 0 bridgehead atoms. The van der Waals surface area contributed by atoms with Crippen molar-refractivity contribution in [2.24, 2.45) is 5.92 Å². The Labute approximate surface area is 254 Å². The Hall–Kier alpha value is -3.51. The number of hydrogen-bond acceptors (Lipinski definition) is 7. The van der Waals surface area contributed by atoms with Crippen LogP contribution in [0.25, 0.3) is 0 Å². The number of rotatable bonds is 6. The fourth-order valence-corrected chi connectivity index (χ4v) is 5.39. The van der Waals surface area contributed by atoms with Crippen LogP contribution in [-0.2, 0) is 30.4 Å². The second-order valence-electron chi connectivity index (χ2n) is 11.9. The minimum absolute atomic E-state index is 0.00910. The molecular weight excluding hydrogens is 552 g/mol. The summed E-state index contributed by atoms with van der Waals surface area (Å²) in [6, 6.07) is 5.74. The lowest BCUT2D eigenvalue weighted by molar-refractivity contribution is -0.138. The summed E-state index contributed by atoms with van der Waals surface area (Å²) in [5, 5.41) is 21.1. The van der Waals surface area contributed by atoms with E-state index in [1.807, 2.05) is 30.3 Å². The average molecular weight is 601 g/mol. The Morgan fingerprint density at radius 1 is 0.837 bits per heavy atom. The zero-order valence-corrected chi connectivity index (χ0v) is 25.6. The number of likely N-dealkylation sites (tertiary alicyclic amines) is 1. The van der Waals surface area contributed by atoms with Crippen molar-refractivity contribution in [3.8, 4) is 0 Å². The first-order valence-electron chi connectivity index (χ1n) is 15.4. The molecule has 0 unspecified atom stereocenters. The van der Waals surface area contributed by atoms with Gasteiger partial charge < -0.3 is 31.3 Å². The predicted molar refractivity (Wildman–Crippen MR) is 162 cm³/mol. The maximum absolute atomic E-state index is 13.5. The number of carbonyl (C=O) groups excluding carboxylic acids is 5. The van der Waals surface area contributed by atoms with E-state index in [1.54, 1.807) is 13.8 Å². The molecule has 0 saturated carbocycles. The van der Waals surface area contributed by atoms with Crippen LogP contribution in [0.5, 0.6) is 0 Å². The van der Waals surface area contributed by atoms with Crippen LogP contribution in [0.3, 0.4) is 0 Å². The predicted octanol–water partition coefficient (Wildman–Crippen LogP) is -0.0552. The van der Waals surface area contributed by atoms with Gasteiger partial charge in [0.25, 0.3) is 0 Å². The summed E-state index contributed by atoms with van der Waals surface area (Å²) < 4.78 is 0. The molecule has 12 heteroatoms. The van der Waals surface area contributed by atoms with Gasteiger partial charge in [-0.25, -0.2) is 0 Å². The van der Waals surface area contributed by atoms with Crippen LogP contribution in [0.4, 0.5) is 0 Å². The Balaban J connectivity index is 1.85. The van der Waals surface area contributed by atoms with Crippen LogP contribution in [0.2, 0.25) is 0 Å². The molecule has 43 heavy (non-hydrogen) atoms. The molecule has 3 rings (SSSR count). The van der Waals surface area contributed by atoms with Crippen molar-refractivity contribution in [1.29, 1.82) is 0 Å². The summed E-state index contributed by atoms with van der Waals surface area (Å²) in [7, 11) is 0. The molecule has 238 valence electrons. The molecule has 4 atom stereocenters. The number of nitrogens with one attached hydrogen (secondary N) is 4. The van der Waals surface area contributed by atoms with Gasteiger partial charge in [-0.2, -0.15) is 0 Å². The number of benzene rings is 1. The van der Waals surface area contributed by atoms with E-state index in [0.717, 1.165) is 44.3 Å². The van der Waals surface area contributed by atoms with Gasteiger partial charge in [0.1, 0.15) is 18.1 Å². The van der Waals surface area contributed by atoms with E-state index in [9.17, 15) is 29.1 Å². The van der Waals surface area contributed by atoms with E-state index >= 15 is 0 Å². The van der Waals surface area contributed by atoms with Crippen LogP contribution in [-0.4, -0.2) is 108 Å². The molecule has 2 fully saturated rings. The Kier molecular flexibility index (Phi) is 13.4.